The lowest BCUT2D eigenvalue weighted by molar-refractivity contribution is 0.193. The summed E-state index contributed by atoms with van der Waals surface area (Å²) in [5.41, 5.74) is 6.63. The monoisotopic (exact) mass is 158 g/mol. The van der Waals surface area contributed by atoms with E-state index in [-0.39, 0.29) is 0 Å². The molecule has 0 fully saturated rings. The van der Waals surface area contributed by atoms with Crippen molar-refractivity contribution in [2.24, 2.45) is 5.10 Å². The highest BCUT2D eigenvalue weighted by atomic mass is 35.5. The van der Waals surface area contributed by atoms with Crippen LogP contribution in [0.15, 0.2) is 16.9 Å². The topological polar surface area (TPSA) is 39.7 Å². The lowest BCUT2D eigenvalue weighted by Crippen LogP contribution is -2.45. The van der Waals surface area contributed by atoms with Gasteiger partial charge in [-0.1, -0.05) is 11.6 Å². The van der Waals surface area contributed by atoms with Crippen LogP contribution in [0.3, 0.4) is 0 Å². The SMILES string of the molecule is CC1(Cl)C=C2C=NNN2N1. The molecule has 0 bridgehead atoms. The van der Waals surface area contributed by atoms with E-state index in [0.717, 1.165) is 5.70 Å². The maximum atomic E-state index is 5.94. The molecule has 5 heteroatoms. The van der Waals surface area contributed by atoms with Gasteiger partial charge in [-0.3, -0.25) is 0 Å². The van der Waals surface area contributed by atoms with Crippen LogP contribution >= 0.6 is 11.6 Å². The number of nitrogens with zero attached hydrogens (tertiary/aromatic N) is 2. The Bertz CT molecular complexity index is 220. The van der Waals surface area contributed by atoms with E-state index >= 15 is 0 Å². The van der Waals surface area contributed by atoms with Crippen LogP contribution in [0.4, 0.5) is 0 Å². The molecule has 0 aromatic heterocycles. The molecule has 4 nitrogen and oxygen atoms in total. The van der Waals surface area contributed by atoms with Gasteiger partial charge in [-0.25, -0.2) is 10.7 Å². The number of rotatable bonds is 0. The van der Waals surface area contributed by atoms with Gasteiger partial charge in [0, 0.05) is 0 Å². The number of hydrazine groups is 2. The summed E-state index contributed by atoms with van der Waals surface area (Å²) in [4.78, 5) is -0.477. The molecule has 0 amide bonds. The van der Waals surface area contributed by atoms with E-state index in [1.165, 1.54) is 0 Å². The van der Waals surface area contributed by atoms with Gasteiger partial charge < -0.3 is 0 Å². The molecule has 0 saturated heterocycles. The van der Waals surface area contributed by atoms with Gasteiger partial charge in [0.2, 0.25) is 0 Å². The predicted octanol–water partition coefficient (Wildman–Crippen LogP) is 0.150. The first-order valence-electron chi connectivity index (χ1n) is 2.96. The number of hydrogen-bond donors (Lipinski definition) is 2. The van der Waals surface area contributed by atoms with Crippen LogP contribution < -0.4 is 11.0 Å². The molecular formula is C5H7ClN4. The largest absolute Gasteiger partial charge is 0.204 e. The average Bonchev–Trinajstić information content (AvgIpc) is 2.20. The van der Waals surface area contributed by atoms with Crippen molar-refractivity contribution in [1.82, 2.24) is 16.1 Å². The molecule has 2 aliphatic rings. The number of alkyl halides is 1. The number of allylic oxidation sites excluding steroid dienone is 1. The van der Waals surface area contributed by atoms with Gasteiger partial charge >= 0.3 is 0 Å². The smallest absolute Gasteiger partial charge is 0.130 e. The van der Waals surface area contributed by atoms with Crippen LogP contribution in [0.1, 0.15) is 6.92 Å². The zero-order valence-corrected chi connectivity index (χ0v) is 6.18. The Morgan fingerprint density at radius 1 is 1.80 bits per heavy atom. The number of hydrazone groups is 1. The fraction of sp³-hybridized carbons (Fsp3) is 0.400. The quantitative estimate of drug-likeness (QED) is 0.390. The molecule has 0 radical (unpaired) electrons. The first kappa shape index (κ1) is 6.00. The van der Waals surface area contributed by atoms with Crippen molar-refractivity contribution in [3.05, 3.63) is 11.8 Å². The van der Waals surface area contributed by atoms with Gasteiger partial charge in [0.1, 0.15) is 5.00 Å². The summed E-state index contributed by atoms with van der Waals surface area (Å²) in [5.74, 6) is 0. The zero-order valence-electron chi connectivity index (χ0n) is 5.43. The highest BCUT2D eigenvalue weighted by Gasteiger charge is 2.31. The standard InChI is InChI=1S/C5H7ClN4/c1-5(6)2-4-3-7-9-10(4)8-5/h2-3,8-9H,1H3. The van der Waals surface area contributed by atoms with E-state index < -0.39 is 5.00 Å². The van der Waals surface area contributed by atoms with E-state index in [1.807, 2.05) is 13.0 Å². The average molecular weight is 159 g/mol. The summed E-state index contributed by atoms with van der Waals surface area (Å²) in [6, 6.07) is 0. The molecule has 10 heavy (non-hydrogen) atoms. The maximum absolute atomic E-state index is 5.94. The van der Waals surface area contributed by atoms with Crippen molar-refractivity contribution in [1.29, 1.82) is 0 Å². The highest BCUT2D eigenvalue weighted by molar-refractivity contribution is 6.25. The molecule has 0 saturated carbocycles. The van der Waals surface area contributed by atoms with Gasteiger partial charge in [0.05, 0.1) is 11.9 Å². The van der Waals surface area contributed by atoms with E-state index in [0.29, 0.717) is 0 Å². The summed E-state index contributed by atoms with van der Waals surface area (Å²) in [7, 11) is 0. The molecule has 1 atom stereocenters. The predicted molar refractivity (Wildman–Crippen MR) is 38.9 cm³/mol. The van der Waals surface area contributed by atoms with E-state index in [2.05, 4.69) is 16.1 Å². The Labute approximate surface area is 63.5 Å². The summed E-state index contributed by atoms with van der Waals surface area (Å²) in [6.07, 6.45) is 3.60. The normalized spacial score (nSPS) is 35.8. The summed E-state index contributed by atoms with van der Waals surface area (Å²) < 4.78 is 0. The minimum atomic E-state index is -0.477. The molecule has 0 aromatic carbocycles. The van der Waals surface area contributed by atoms with Gasteiger partial charge in [-0.2, -0.15) is 10.5 Å². The Morgan fingerprint density at radius 3 is 3.30 bits per heavy atom. The first-order chi connectivity index (χ1) is 4.67. The number of hydrogen-bond acceptors (Lipinski definition) is 4. The fourth-order valence-corrected chi connectivity index (χ4v) is 1.18. The third kappa shape index (κ3) is 0.767. The molecule has 0 aliphatic carbocycles. The third-order valence-corrected chi connectivity index (χ3v) is 1.56. The Kier molecular flexibility index (Phi) is 0.988. The molecular weight excluding hydrogens is 152 g/mol. The van der Waals surface area contributed by atoms with Gasteiger partial charge in [-0.05, 0) is 13.0 Å². The van der Waals surface area contributed by atoms with Crippen LogP contribution in [0.25, 0.3) is 0 Å². The van der Waals surface area contributed by atoms with E-state index in [4.69, 9.17) is 11.6 Å². The lowest BCUT2D eigenvalue weighted by Gasteiger charge is -2.19. The van der Waals surface area contributed by atoms with Crippen LogP contribution in [-0.4, -0.2) is 16.3 Å². The molecule has 2 heterocycles. The highest BCUT2D eigenvalue weighted by Crippen LogP contribution is 2.23. The van der Waals surface area contributed by atoms with Crippen LogP contribution in [0, 0.1) is 0 Å². The van der Waals surface area contributed by atoms with Crippen LogP contribution in [0.2, 0.25) is 0 Å². The fourth-order valence-electron chi connectivity index (χ4n) is 0.988. The van der Waals surface area contributed by atoms with Crippen LogP contribution in [0.5, 0.6) is 0 Å². The molecule has 0 aromatic rings. The van der Waals surface area contributed by atoms with E-state index in [1.54, 1.807) is 11.3 Å². The third-order valence-electron chi connectivity index (χ3n) is 1.36. The second kappa shape index (κ2) is 1.65. The van der Waals surface area contributed by atoms with Crippen LogP contribution in [-0.2, 0) is 0 Å². The van der Waals surface area contributed by atoms with Crippen molar-refractivity contribution in [2.45, 2.75) is 11.9 Å². The zero-order chi connectivity index (χ0) is 7.19. The molecule has 2 N–H and O–H groups in total. The lowest BCUT2D eigenvalue weighted by atomic mass is 10.3. The summed E-state index contributed by atoms with van der Waals surface area (Å²) in [5, 5.41) is 5.47. The van der Waals surface area contributed by atoms with Gasteiger partial charge in [0.15, 0.2) is 0 Å². The first-order valence-corrected chi connectivity index (χ1v) is 3.34. The number of fused-ring (bicyclic) bond motifs is 1. The van der Waals surface area contributed by atoms with Crippen molar-refractivity contribution in [3.63, 3.8) is 0 Å². The minimum Gasteiger partial charge on any atom is -0.204 e. The van der Waals surface area contributed by atoms with E-state index in [9.17, 15) is 0 Å². The second-order valence-corrected chi connectivity index (χ2v) is 3.24. The van der Waals surface area contributed by atoms with Crippen molar-refractivity contribution >= 4 is 17.8 Å². The summed E-state index contributed by atoms with van der Waals surface area (Å²) >= 11 is 5.94. The molecule has 1 unspecified atom stereocenters. The van der Waals surface area contributed by atoms with Gasteiger partial charge in [0.25, 0.3) is 0 Å². The van der Waals surface area contributed by atoms with Crippen molar-refractivity contribution in [2.75, 3.05) is 0 Å². The Hall–Kier alpha value is -0.740. The molecule has 2 aliphatic heterocycles. The number of halogens is 1. The molecule has 2 rings (SSSR count). The molecule has 54 valence electrons. The molecule has 0 spiro atoms. The maximum Gasteiger partial charge on any atom is 0.130 e. The Morgan fingerprint density at radius 2 is 2.60 bits per heavy atom. The van der Waals surface area contributed by atoms with Gasteiger partial charge in [-0.15, -0.1) is 0 Å². The number of nitrogens with one attached hydrogen (secondary N) is 2. The van der Waals surface area contributed by atoms with Crippen molar-refractivity contribution in [3.8, 4) is 0 Å². The Balaban J connectivity index is 2.30. The summed E-state index contributed by atoms with van der Waals surface area (Å²) in [6.45, 7) is 1.87. The second-order valence-electron chi connectivity index (χ2n) is 2.45. The minimum absolute atomic E-state index is 0.477. The van der Waals surface area contributed by atoms with Crippen molar-refractivity contribution < 1.29 is 0 Å².